The summed E-state index contributed by atoms with van der Waals surface area (Å²) in [6.45, 7) is 1.96. The summed E-state index contributed by atoms with van der Waals surface area (Å²) in [5.74, 6) is -0.0755. The topological polar surface area (TPSA) is 78.9 Å². The number of carbonyl (C=O) groups is 1. The Hall–Kier alpha value is -3.95. The standard InChI is InChI=1S/C24H17N3O2S/c1-16-26-12-13-27(16)20-8-6-18(7-9-20)21-15-30-22(10-11-23(28)29)24(21)19-4-2-17(14-25)3-5-19/h2-13,15H,1H3,(H,28,29)/b11-10+. The number of aliphatic carboxylic acids is 1. The van der Waals surface area contributed by atoms with Crippen molar-refractivity contribution < 1.29 is 9.90 Å². The number of imidazole rings is 1. The van der Waals surface area contributed by atoms with Gasteiger partial charge in [0.1, 0.15) is 5.82 Å². The fraction of sp³-hybridized carbons (Fsp3) is 0.0417. The Morgan fingerprint density at radius 2 is 1.83 bits per heavy atom. The molecule has 2 heterocycles. The van der Waals surface area contributed by atoms with Crippen molar-refractivity contribution in [3.63, 3.8) is 0 Å². The van der Waals surface area contributed by atoms with Crippen LogP contribution >= 0.6 is 11.3 Å². The lowest BCUT2D eigenvalue weighted by atomic mass is 9.96. The average molecular weight is 411 g/mol. The molecule has 0 fully saturated rings. The number of nitrogens with zero attached hydrogens (tertiary/aromatic N) is 3. The first-order valence-electron chi connectivity index (χ1n) is 9.20. The molecule has 0 aliphatic rings. The summed E-state index contributed by atoms with van der Waals surface area (Å²) in [6, 6.07) is 17.6. The Morgan fingerprint density at radius 3 is 2.43 bits per heavy atom. The van der Waals surface area contributed by atoms with Crippen molar-refractivity contribution in [2.24, 2.45) is 0 Å². The van der Waals surface area contributed by atoms with Gasteiger partial charge in [-0.1, -0.05) is 24.3 Å². The molecule has 30 heavy (non-hydrogen) atoms. The average Bonchev–Trinajstić information content (AvgIpc) is 3.38. The number of hydrogen-bond donors (Lipinski definition) is 1. The van der Waals surface area contributed by atoms with Crippen LogP contribution in [0.1, 0.15) is 16.3 Å². The van der Waals surface area contributed by atoms with E-state index in [2.05, 4.69) is 23.2 Å². The highest BCUT2D eigenvalue weighted by Crippen LogP contribution is 2.40. The predicted octanol–water partition coefficient (Wildman–Crippen LogP) is 5.55. The van der Waals surface area contributed by atoms with E-state index < -0.39 is 5.97 Å². The van der Waals surface area contributed by atoms with Gasteiger partial charge in [0.2, 0.25) is 0 Å². The molecule has 146 valence electrons. The maximum atomic E-state index is 11.0. The molecule has 5 nitrogen and oxygen atoms in total. The minimum absolute atomic E-state index is 0.582. The summed E-state index contributed by atoms with van der Waals surface area (Å²) in [5, 5.41) is 20.2. The number of hydrogen-bond acceptors (Lipinski definition) is 4. The Kier molecular flexibility index (Phi) is 5.29. The zero-order valence-corrected chi connectivity index (χ0v) is 16.9. The maximum absolute atomic E-state index is 11.0. The molecule has 4 rings (SSSR count). The van der Waals surface area contributed by atoms with Crippen molar-refractivity contribution in [2.45, 2.75) is 6.92 Å². The number of nitriles is 1. The van der Waals surface area contributed by atoms with Crippen molar-refractivity contribution >= 4 is 23.4 Å². The van der Waals surface area contributed by atoms with Crippen LogP contribution in [-0.2, 0) is 4.79 Å². The zero-order valence-electron chi connectivity index (χ0n) is 16.1. The molecule has 0 bridgehead atoms. The quantitative estimate of drug-likeness (QED) is 0.437. The number of aryl methyl sites for hydroxylation is 1. The molecule has 0 atom stereocenters. The minimum Gasteiger partial charge on any atom is -0.478 e. The van der Waals surface area contributed by atoms with Gasteiger partial charge in [-0.2, -0.15) is 5.26 Å². The van der Waals surface area contributed by atoms with E-state index in [4.69, 9.17) is 10.4 Å². The second kappa shape index (κ2) is 8.19. The predicted molar refractivity (Wildman–Crippen MR) is 118 cm³/mol. The molecule has 2 aromatic heterocycles. The first kappa shape index (κ1) is 19.4. The number of rotatable bonds is 5. The third-order valence-electron chi connectivity index (χ3n) is 4.78. The fourth-order valence-corrected chi connectivity index (χ4v) is 4.31. The molecular weight excluding hydrogens is 394 g/mol. The van der Waals surface area contributed by atoms with Crippen LogP contribution < -0.4 is 0 Å². The van der Waals surface area contributed by atoms with E-state index >= 15 is 0 Å². The Morgan fingerprint density at radius 1 is 1.13 bits per heavy atom. The van der Waals surface area contributed by atoms with E-state index in [0.29, 0.717) is 5.56 Å². The molecule has 2 aromatic carbocycles. The van der Waals surface area contributed by atoms with Gasteiger partial charge in [-0.15, -0.1) is 11.3 Å². The number of thiophene rings is 1. The van der Waals surface area contributed by atoms with Crippen molar-refractivity contribution in [1.82, 2.24) is 9.55 Å². The van der Waals surface area contributed by atoms with Gasteiger partial charge in [0.05, 0.1) is 11.6 Å². The van der Waals surface area contributed by atoms with Crippen molar-refractivity contribution in [1.29, 1.82) is 5.26 Å². The molecule has 0 unspecified atom stereocenters. The van der Waals surface area contributed by atoms with E-state index in [9.17, 15) is 4.79 Å². The van der Waals surface area contributed by atoms with Gasteiger partial charge in [0.15, 0.2) is 0 Å². The van der Waals surface area contributed by atoms with Gasteiger partial charge >= 0.3 is 5.97 Å². The van der Waals surface area contributed by atoms with Gasteiger partial charge < -0.3 is 9.67 Å². The molecule has 0 aliphatic carbocycles. The lowest BCUT2D eigenvalue weighted by Crippen LogP contribution is -1.95. The van der Waals surface area contributed by atoms with Gasteiger partial charge in [-0.25, -0.2) is 9.78 Å². The highest BCUT2D eigenvalue weighted by atomic mass is 32.1. The van der Waals surface area contributed by atoms with Crippen LogP contribution in [-0.4, -0.2) is 20.6 Å². The van der Waals surface area contributed by atoms with Gasteiger partial charge in [0, 0.05) is 40.2 Å². The van der Waals surface area contributed by atoms with Crippen molar-refractivity contribution in [3.05, 3.63) is 88.6 Å². The third-order valence-corrected chi connectivity index (χ3v) is 5.73. The maximum Gasteiger partial charge on any atom is 0.328 e. The molecule has 1 N–H and O–H groups in total. The highest BCUT2D eigenvalue weighted by molar-refractivity contribution is 7.12. The van der Waals surface area contributed by atoms with Crippen LogP contribution in [0.3, 0.4) is 0 Å². The lowest BCUT2D eigenvalue weighted by Gasteiger charge is -2.09. The number of benzene rings is 2. The summed E-state index contributed by atoms with van der Waals surface area (Å²) in [6.07, 6.45) is 6.46. The molecule has 0 saturated heterocycles. The smallest absolute Gasteiger partial charge is 0.328 e. The normalized spacial score (nSPS) is 10.9. The minimum atomic E-state index is -0.990. The van der Waals surface area contributed by atoms with Gasteiger partial charge in [-0.05, 0) is 53.8 Å². The highest BCUT2D eigenvalue weighted by Gasteiger charge is 2.15. The Labute approximate surface area is 177 Å². The molecule has 0 spiro atoms. The summed E-state index contributed by atoms with van der Waals surface area (Å²) in [4.78, 5) is 16.2. The van der Waals surface area contributed by atoms with E-state index in [0.717, 1.165) is 44.7 Å². The molecule has 6 heteroatoms. The molecule has 0 saturated carbocycles. The second-order valence-corrected chi connectivity index (χ2v) is 7.55. The largest absolute Gasteiger partial charge is 0.478 e. The molecular formula is C24H17N3O2S. The summed E-state index contributed by atoms with van der Waals surface area (Å²) < 4.78 is 2.01. The van der Waals surface area contributed by atoms with E-state index in [1.807, 2.05) is 47.3 Å². The summed E-state index contributed by atoms with van der Waals surface area (Å²) >= 11 is 1.49. The van der Waals surface area contributed by atoms with E-state index in [1.54, 1.807) is 24.4 Å². The van der Waals surface area contributed by atoms with Crippen LogP contribution in [0, 0.1) is 18.3 Å². The Bertz CT molecular complexity index is 1270. The summed E-state index contributed by atoms with van der Waals surface area (Å²) in [7, 11) is 0. The SMILES string of the molecule is Cc1nccn1-c1ccc(-c2csc(/C=C/C(=O)O)c2-c2ccc(C#N)cc2)cc1. The fourth-order valence-electron chi connectivity index (χ4n) is 3.32. The van der Waals surface area contributed by atoms with Crippen LogP contribution in [0.2, 0.25) is 0 Å². The molecule has 0 aliphatic heterocycles. The second-order valence-electron chi connectivity index (χ2n) is 6.64. The number of aromatic nitrogens is 2. The number of carboxylic acids is 1. The monoisotopic (exact) mass is 411 g/mol. The van der Waals surface area contributed by atoms with Crippen LogP contribution in [0.5, 0.6) is 0 Å². The van der Waals surface area contributed by atoms with Crippen molar-refractivity contribution in [2.75, 3.05) is 0 Å². The first-order valence-corrected chi connectivity index (χ1v) is 10.1. The van der Waals surface area contributed by atoms with Gasteiger partial charge in [0.25, 0.3) is 0 Å². The molecule has 4 aromatic rings. The van der Waals surface area contributed by atoms with Gasteiger partial charge in [-0.3, -0.25) is 0 Å². The molecule has 0 radical (unpaired) electrons. The van der Waals surface area contributed by atoms with Crippen LogP contribution in [0.25, 0.3) is 34.0 Å². The van der Waals surface area contributed by atoms with Crippen molar-refractivity contribution in [3.8, 4) is 34.0 Å². The van der Waals surface area contributed by atoms with E-state index in [-0.39, 0.29) is 0 Å². The zero-order chi connectivity index (χ0) is 21.1. The third kappa shape index (κ3) is 3.79. The summed E-state index contributed by atoms with van der Waals surface area (Å²) in [5.41, 5.74) is 5.54. The number of carboxylic acid groups (broad SMARTS) is 1. The first-order chi connectivity index (χ1) is 14.6. The lowest BCUT2D eigenvalue weighted by molar-refractivity contribution is -0.131. The van der Waals surface area contributed by atoms with Crippen LogP contribution in [0.15, 0.2) is 72.4 Å². The Balaban J connectivity index is 1.80. The van der Waals surface area contributed by atoms with Crippen LogP contribution in [0.4, 0.5) is 0 Å². The van der Waals surface area contributed by atoms with E-state index in [1.165, 1.54) is 11.3 Å². The molecule has 0 amide bonds.